The quantitative estimate of drug-likeness (QED) is 0.317. The van der Waals surface area contributed by atoms with Crippen LogP contribution >= 0.6 is 0 Å². The Morgan fingerprint density at radius 1 is 0.441 bits per heavy atom. The Morgan fingerprint density at radius 2 is 0.735 bits per heavy atom. The summed E-state index contributed by atoms with van der Waals surface area (Å²) < 4.78 is 0. The fourth-order valence-corrected chi connectivity index (χ4v) is 5.42. The van der Waals surface area contributed by atoms with Gasteiger partial charge in [-0.05, 0) is 78.6 Å². The van der Waals surface area contributed by atoms with Crippen LogP contribution in [-0.2, 0) is 10.8 Å². The number of fused-ring (bicyclic) bond motifs is 6. The maximum absolute atomic E-state index is 2.51. The van der Waals surface area contributed by atoms with Gasteiger partial charge < -0.3 is 0 Å². The fraction of sp³-hybridized carbons (Fsp3) is 0.471. The van der Waals surface area contributed by atoms with Crippen molar-refractivity contribution in [3.63, 3.8) is 0 Å². The lowest BCUT2D eigenvalue weighted by Crippen LogP contribution is -2.11. The standard InChI is InChI=1S/C30H34.2C2H6/c1-17-23-13-19(29(3,4)5)9-11-21(23)27-16-26-18(2)24-14-20(30(6,7)8)10-12-22(24)28(26)15-25(17)27;2*1-2/h9-18H,1-8H3;2*1-2H3. The van der Waals surface area contributed by atoms with Gasteiger partial charge in [0.25, 0.3) is 0 Å². The minimum Gasteiger partial charge on any atom is -0.0683 e. The zero-order valence-corrected chi connectivity index (χ0v) is 23.8. The average molecular weight is 455 g/mol. The van der Waals surface area contributed by atoms with E-state index >= 15 is 0 Å². The van der Waals surface area contributed by atoms with Crippen LogP contribution in [0.1, 0.15) is 128 Å². The molecule has 2 aliphatic rings. The van der Waals surface area contributed by atoms with E-state index in [1.165, 1.54) is 55.6 Å². The van der Waals surface area contributed by atoms with Crippen LogP contribution < -0.4 is 0 Å². The van der Waals surface area contributed by atoms with Gasteiger partial charge in [-0.2, -0.15) is 0 Å². The first kappa shape index (κ1) is 26.3. The summed E-state index contributed by atoms with van der Waals surface area (Å²) in [6.45, 7) is 26.6. The number of rotatable bonds is 0. The van der Waals surface area contributed by atoms with E-state index in [0.717, 1.165) is 0 Å². The average Bonchev–Trinajstić information content (AvgIpc) is 3.25. The Bertz CT molecular complexity index is 1080. The molecule has 0 heteroatoms. The first-order chi connectivity index (χ1) is 16.0. The summed E-state index contributed by atoms with van der Waals surface area (Å²) in [6, 6.07) is 19.3. The largest absolute Gasteiger partial charge is 0.0683 e. The molecular weight excluding hydrogens is 408 g/mol. The molecule has 0 aliphatic heterocycles. The van der Waals surface area contributed by atoms with Gasteiger partial charge in [-0.15, -0.1) is 0 Å². The minimum absolute atomic E-state index is 0.184. The van der Waals surface area contributed by atoms with Crippen molar-refractivity contribution < 1.29 is 0 Å². The molecule has 0 bridgehead atoms. The molecule has 0 heterocycles. The molecule has 0 fully saturated rings. The molecule has 2 atom stereocenters. The smallest absolute Gasteiger partial charge is 0.00736 e. The van der Waals surface area contributed by atoms with Crippen LogP contribution in [0.25, 0.3) is 22.3 Å². The maximum atomic E-state index is 2.51. The molecule has 2 unspecified atom stereocenters. The van der Waals surface area contributed by atoms with Crippen molar-refractivity contribution in [1.82, 2.24) is 0 Å². The second kappa shape index (κ2) is 9.37. The van der Waals surface area contributed by atoms with Crippen molar-refractivity contribution in [3.05, 3.63) is 81.9 Å². The number of benzene rings is 3. The van der Waals surface area contributed by atoms with Gasteiger partial charge in [-0.3, -0.25) is 0 Å². The summed E-state index contributed by atoms with van der Waals surface area (Å²) in [7, 11) is 0. The van der Waals surface area contributed by atoms with Gasteiger partial charge in [-0.25, -0.2) is 0 Å². The molecule has 0 amide bonds. The highest BCUT2D eigenvalue weighted by Crippen LogP contribution is 2.53. The lowest BCUT2D eigenvalue weighted by Gasteiger charge is -2.21. The van der Waals surface area contributed by atoms with E-state index in [9.17, 15) is 0 Å². The summed E-state index contributed by atoms with van der Waals surface area (Å²) in [6.07, 6.45) is 0. The predicted molar refractivity (Wildman–Crippen MR) is 152 cm³/mol. The molecule has 0 aromatic heterocycles. The van der Waals surface area contributed by atoms with Gasteiger partial charge in [0.05, 0.1) is 0 Å². The molecule has 3 aromatic rings. The second-order valence-electron chi connectivity index (χ2n) is 11.6. The van der Waals surface area contributed by atoms with E-state index in [1.807, 2.05) is 27.7 Å². The number of hydrogen-bond acceptors (Lipinski definition) is 0. The molecule has 2 aliphatic carbocycles. The van der Waals surface area contributed by atoms with Crippen molar-refractivity contribution >= 4 is 0 Å². The first-order valence-corrected chi connectivity index (χ1v) is 13.4. The van der Waals surface area contributed by atoms with Crippen LogP contribution in [0.4, 0.5) is 0 Å². The van der Waals surface area contributed by atoms with Gasteiger partial charge in [0.1, 0.15) is 0 Å². The lowest BCUT2D eigenvalue weighted by molar-refractivity contribution is 0.589. The van der Waals surface area contributed by atoms with Crippen LogP contribution in [-0.4, -0.2) is 0 Å². The van der Waals surface area contributed by atoms with Crippen molar-refractivity contribution in [2.45, 2.75) is 106 Å². The molecule has 182 valence electrons. The van der Waals surface area contributed by atoms with Crippen molar-refractivity contribution in [2.24, 2.45) is 0 Å². The van der Waals surface area contributed by atoms with Crippen molar-refractivity contribution in [3.8, 4) is 22.3 Å². The molecule has 5 rings (SSSR count). The lowest BCUT2D eigenvalue weighted by atomic mass is 9.84. The van der Waals surface area contributed by atoms with Crippen LogP contribution in [0.15, 0.2) is 48.5 Å². The molecule has 0 radical (unpaired) electrons. The Morgan fingerprint density at radius 3 is 1.03 bits per heavy atom. The van der Waals surface area contributed by atoms with Crippen LogP contribution in [0.3, 0.4) is 0 Å². The zero-order valence-electron chi connectivity index (χ0n) is 23.8. The van der Waals surface area contributed by atoms with Crippen LogP contribution in [0, 0.1) is 0 Å². The summed E-state index contributed by atoms with van der Waals surface area (Å²) in [4.78, 5) is 0. The highest BCUT2D eigenvalue weighted by molar-refractivity contribution is 5.87. The Labute approximate surface area is 209 Å². The monoisotopic (exact) mass is 454 g/mol. The van der Waals surface area contributed by atoms with E-state index in [-0.39, 0.29) is 10.8 Å². The molecule has 0 saturated carbocycles. The highest BCUT2D eigenvalue weighted by Gasteiger charge is 2.33. The Hall–Kier alpha value is -2.34. The normalized spacial score (nSPS) is 17.4. The second-order valence-corrected chi connectivity index (χ2v) is 11.6. The maximum Gasteiger partial charge on any atom is 0.00736 e. The van der Waals surface area contributed by atoms with Gasteiger partial charge in [-0.1, -0.05) is 119 Å². The highest BCUT2D eigenvalue weighted by atomic mass is 14.4. The van der Waals surface area contributed by atoms with Crippen molar-refractivity contribution in [1.29, 1.82) is 0 Å². The summed E-state index contributed by atoms with van der Waals surface area (Å²) in [5, 5.41) is 0. The third-order valence-electron chi connectivity index (χ3n) is 7.50. The molecule has 34 heavy (non-hydrogen) atoms. The molecule has 0 spiro atoms. The van der Waals surface area contributed by atoms with Crippen molar-refractivity contribution in [2.75, 3.05) is 0 Å². The van der Waals surface area contributed by atoms with Crippen LogP contribution in [0.2, 0.25) is 0 Å². The fourth-order valence-electron chi connectivity index (χ4n) is 5.42. The third kappa shape index (κ3) is 4.26. The molecule has 0 nitrogen and oxygen atoms in total. The predicted octanol–water partition coefficient (Wildman–Crippen LogP) is 10.6. The minimum atomic E-state index is 0.184. The molecule has 0 saturated heterocycles. The van der Waals surface area contributed by atoms with E-state index in [4.69, 9.17) is 0 Å². The summed E-state index contributed by atoms with van der Waals surface area (Å²) in [5.74, 6) is 0.909. The molecular formula is C34H46. The van der Waals surface area contributed by atoms with Crippen LogP contribution in [0.5, 0.6) is 0 Å². The van der Waals surface area contributed by atoms with E-state index in [0.29, 0.717) is 11.8 Å². The van der Waals surface area contributed by atoms with Gasteiger partial charge in [0.2, 0.25) is 0 Å². The number of hydrogen-bond donors (Lipinski definition) is 0. The van der Waals surface area contributed by atoms with E-state index < -0.39 is 0 Å². The summed E-state index contributed by atoms with van der Waals surface area (Å²) >= 11 is 0. The van der Waals surface area contributed by atoms with Gasteiger partial charge in [0.15, 0.2) is 0 Å². The first-order valence-electron chi connectivity index (χ1n) is 13.4. The Balaban J connectivity index is 0.000000771. The zero-order chi connectivity index (χ0) is 25.6. The Kier molecular flexibility index (Phi) is 7.24. The van der Waals surface area contributed by atoms with Gasteiger partial charge >= 0.3 is 0 Å². The topological polar surface area (TPSA) is 0 Å². The molecule has 0 N–H and O–H groups in total. The SMILES string of the molecule is CC.CC.CC1c2cc(C(C)(C)C)ccc2-c2cc3c(cc21)-c1ccc(C(C)(C)C)cc1C3C. The van der Waals surface area contributed by atoms with E-state index in [1.54, 1.807) is 0 Å². The summed E-state index contributed by atoms with van der Waals surface area (Å²) in [5.41, 5.74) is 15.0. The molecule has 3 aromatic carbocycles. The van der Waals surface area contributed by atoms with Gasteiger partial charge in [0, 0.05) is 11.8 Å². The van der Waals surface area contributed by atoms with E-state index in [2.05, 4.69) is 104 Å². The third-order valence-corrected chi connectivity index (χ3v) is 7.50.